The smallest absolute Gasteiger partial charge is 0.348 e. The van der Waals surface area contributed by atoms with Crippen molar-refractivity contribution >= 4 is 23.2 Å². The van der Waals surface area contributed by atoms with Crippen molar-refractivity contribution in [1.82, 2.24) is 5.32 Å². The van der Waals surface area contributed by atoms with E-state index in [2.05, 4.69) is 10.1 Å². The summed E-state index contributed by atoms with van der Waals surface area (Å²) >= 11 is 1.36. The standard InChI is InChI=1S/C11H14N2O3S/c1-16-9(14)8-3-2-7(17-8)6-13-11(4-5-11)10(12)15/h2-3,13H,4-6H2,1H3,(H2,12,15). The van der Waals surface area contributed by atoms with Crippen molar-refractivity contribution in [2.75, 3.05) is 7.11 Å². The number of esters is 1. The second kappa shape index (κ2) is 4.46. The Morgan fingerprint density at radius 2 is 2.24 bits per heavy atom. The fourth-order valence-electron chi connectivity index (χ4n) is 1.57. The molecule has 92 valence electrons. The first kappa shape index (κ1) is 12.1. The predicted molar refractivity (Wildman–Crippen MR) is 63.7 cm³/mol. The van der Waals surface area contributed by atoms with Crippen molar-refractivity contribution in [3.05, 3.63) is 21.9 Å². The molecule has 0 saturated heterocycles. The van der Waals surface area contributed by atoms with E-state index in [0.717, 1.165) is 17.7 Å². The summed E-state index contributed by atoms with van der Waals surface area (Å²) in [5.41, 5.74) is 4.78. The van der Waals surface area contributed by atoms with E-state index in [1.807, 2.05) is 6.07 Å². The maximum absolute atomic E-state index is 11.2. The fraction of sp³-hybridized carbons (Fsp3) is 0.455. The molecule has 0 aliphatic heterocycles. The number of hydrogen-bond acceptors (Lipinski definition) is 5. The van der Waals surface area contributed by atoms with Gasteiger partial charge in [0.2, 0.25) is 5.91 Å². The molecule has 0 unspecified atom stereocenters. The fourth-order valence-corrected chi connectivity index (χ4v) is 2.44. The average Bonchev–Trinajstić information content (AvgIpc) is 2.97. The Morgan fingerprint density at radius 1 is 1.53 bits per heavy atom. The first-order valence-corrected chi connectivity index (χ1v) is 6.11. The van der Waals surface area contributed by atoms with Crippen LogP contribution < -0.4 is 11.1 Å². The van der Waals surface area contributed by atoms with Crippen LogP contribution in [0, 0.1) is 0 Å². The highest BCUT2D eigenvalue weighted by atomic mass is 32.1. The van der Waals surface area contributed by atoms with Crippen molar-refractivity contribution in [1.29, 1.82) is 0 Å². The molecule has 1 amide bonds. The average molecular weight is 254 g/mol. The second-order valence-corrected chi connectivity index (χ2v) is 5.23. The lowest BCUT2D eigenvalue weighted by atomic mass is 10.2. The first-order chi connectivity index (χ1) is 8.07. The number of thiophene rings is 1. The maximum atomic E-state index is 11.2. The van der Waals surface area contributed by atoms with Crippen LogP contribution in [0.5, 0.6) is 0 Å². The van der Waals surface area contributed by atoms with Gasteiger partial charge in [-0.15, -0.1) is 11.3 Å². The number of primary amides is 1. The van der Waals surface area contributed by atoms with E-state index >= 15 is 0 Å². The lowest BCUT2D eigenvalue weighted by Gasteiger charge is -2.11. The van der Waals surface area contributed by atoms with E-state index < -0.39 is 5.54 Å². The molecule has 1 heterocycles. The third-order valence-electron chi connectivity index (χ3n) is 2.87. The zero-order valence-electron chi connectivity index (χ0n) is 9.49. The molecule has 1 aliphatic carbocycles. The topological polar surface area (TPSA) is 81.4 Å². The monoisotopic (exact) mass is 254 g/mol. The van der Waals surface area contributed by atoms with E-state index in [9.17, 15) is 9.59 Å². The summed E-state index contributed by atoms with van der Waals surface area (Å²) in [6.45, 7) is 0.546. The molecular weight excluding hydrogens is 240 g/mol. The van der Waals surface area contributed by atoms with E-state index in [1.54, 1.807) is 6.07 Å². The van der Waals surface area contributed by atoms with Crippen LogP contribution in [0.4, 0.5) is 0 Å². The van der Waals surface area contributed by atoms with Gasteiger partial charge in [-0.2, -0.15) is 0 Å². The molecule has 17 heavy (non-hydrogen) atoms. The molecule has 0 aromatic carbocycles. The number of nitrogens with one attached hydrogen (secondary N) is 1. The molecule has 3 N–H and O–H groups in total. The van der Waals surface area contributed by atoms with Crippen molar-refractivity contribution in [2.45, 2.75) is 24.9 Å². The van der Waals surface area contributed by atoms with Crippen LogP contribution in [0.2, 0.25) is 0 Å². The molecule has 1 aromatic rings. The molecule has 0 radical (unpaired) electrons. The Hall–Kier alpha value is -1.40. The molecule has 0 spiro atoms. The van der Waals surface area contributed by atoms with Gasteiger partial charge in [0.05, 0.1) is 12.6 Å². The Bertz CT molecular complexity index is 451. The van der Waals surface area contributed by atoms with Crippen LogP contribution in [0.15, 0.2) is 12.1 Å². The second-order valence-electron chi connectivity index (χ2n) is 4.06. The number of methoxy groups -OCH3 is 1. The summed E-state index contributed by atoms with van der Waals surface area (Å²) in [6.07, 6.45) is 1.58. The van der Waals surface area contributed by atoms with Gasteiger partial charge >= 0.3 is 5.97 Å². The minimum atomic E-state index is -0.518. The molecule has 1 fully saturated rings. The zero-order chi connectivity index (χ0) is 12.5. The normalized spacial score (nSPS) is 16.5. The lowest BCUT2D eigenvalue weighted by molar-refractivity contribution is -0.121. The molecule has 6 heteroatoms. The van der Waals surface area contributed by atoms with E-state index in [4.69, 9.17) is 5.73 Å². The van der Waals surface area contributed by atoms with Crippen LogP contribution in [-0.2, 0) is 16.1 Å². The third kappa shape index (κ3) is 2.48. The third-order valence-corrected chi connectivity index (χ3v) is 3.94. The highest BCUT2D eigenvalue weighted by molar-refractivity contribution is 7.13. The van der Waals surface area contributed by atoms with Crippen molar-refractivity contribution < 1.29 is 14.3 Å². The van der Waals surface area contributed by atoms with Gasteiger partial charge in [-0.1, -0.05) is 0 Å². The molecule has 1 saturated carbocycles. The number of rotatable bonds is 5. The van der Waals surface area contributed by atoms with Crippen molar-refractivity contribution in [2.24, 2.45) is 5.73 Å². The molecular formula is C11H14N2O3S. The van der Waals surface area contributed by atoms with Crippen LogP contribution >= 0.6 is 11.3 Å². The minimum absolute atomic E-state index is 0.303. The quantitative estimate of drug-likeness (QED) is 0.756. The summed E-state index contributed by atoms with van der Waals surface area (Å²) in [6, 6.07) is 3.57. The highest BCUT2D eigenvalue weighted by Crippen LogP contribution is 2.35. The van der Waals surface area contributed by atoms with E-state index in [1.165, 1.54) is 18.4 Å². The van der Waals surface area contributed by atoms with Crippen molar-refractivity contribution in [3.8, 4) is 0 Å². The van der Waals surface area contributed by atoms with Crippen LogP contribution in [-0.4, -0.2) is 24.5 Å². The first-order valence-electron chi connectivity index (χ1n) is 5.29. The number of nitrogens with two attached hydrogens (primary N) is 1. The van der Waals surface area contributed by atoms with Gasteiger partial charge in [-0.3, -0.25) is 10.1 Å². The van der Waals surface area contributed by atoms with E-state index in [0.29, 0.717) is 11.4 Å². The van der Waals surface area contributed by atoms with Crippen molar-refractivity contribution in [3.63, 3.8) is 0 Å². The molecule has 5 nitrogen and oxygen atoms in total. The zero-order valence-corrected chi connectivity index (χ0v) is 10.3. The molecule has 0 bridgehead atoms. The Kier molecular flexibility index (Phi) is 3.17. The minimum Gasteiger partial charge on any atom is -0.465 e. The molecule has 2 rings (SSSR count). The number of carbonyl (C=O) groups excluding carboxylic acids is 2. The summed E-state index contributed by atoms with van der Waals surface area (Å²) in [5, 5.41) is 3.14. The lowest BCUT2D eigenvalue weighted by Crippen LogP contribution is -2.43. The Morgan fingerprint density at radius 3 is 2.76 bits per heavy atom. The predicted octanol–water partition coefficient (Wildman–Crippen LogP) is 0.642. The van der Waals surface area contributed by atoms with Gasteiger partial charge in [0.15, 0.2) is 0 Å². The van der Waals surface area contributed by atoms with Gasteiger partial charge in [0, 0.05) is 11.4 Å². The molecule has 0 atom stereocenters. The van der Waals surface area contributed by atoms with Gasteiger partial charge in [-0.05, 0) is 25.0 Å². The van der Waals surface area contributed by atoms with Crippen LogP contribution in [0.1, 0.15) is 27.4 Å². The summed E-state index contributed by atoms with van der Waals surface area (Å²) < 4.78 is 4.62. The largest absolute Gasteiger partial charge is 0.465 e. The van der Waals surface area contributed by atoms with Gasteiger partial charge in [-0.25, -0.2) is 4.79 Å². The number of amides is 1. The number of carbonyl (C=O) groups is 2. The van der Waals surface area contributed by atoms with Gasteiger partial charge < -0.3 is 10.5 Å². The Balaban J connectivity index is 1.94. The van der Waals surface area contributed by atoms with Crippen LogP contribution in [0.25, 0.3) is 0 Å². The SMILES string of the molecule is COC(=O)c1ccc(CNC2(C(N)=O)CC2)s1. The number of hydrogen-bond donors (Lipinski definition) is 2. The van der Waals surface area contributed by atoms with Gasteiger partial charge in [0.1, 0.15) is 4.88 Å². The molecule has 1 aromatic heterocycles. The Labute approximate surface area is 103 Å². The summed E-state index contributed by atoms with van der Waals surface area (Å²) in [5.74, 6) is -0.639. The highest BCUT2D eigenvalue weighted by Gasteiger charge is 2.48. The van der Waals surface area contributed by atoms with Gasteiger partial charge in [0.25, 0.3) is 0 Å². The summed E-state index contributed by atoms with van der Waals surface area (Å²) in [7, 11) is 1.35. The maximum Gasteiger partial charge on any atom is 0.348 e. The van der Waals surface area contributed by atoms with Crippen LogP contribution in [0.3, 0.4) is 0 Å². The molecule has 1 aliphatic rings. The number of ether oxygens (including phenoxy) is 1. The van der Waals surface area contributed by atoms with E-state index in [-0.39, 0.29) is 11.9 Å². The summed E-state index contributed by atoms with van der Waals surface area (Å²) in [4.78, 5) is 23.9.